The zero-order chi connectivity index (χ0) is 16.0. The summed E-state index contributed by atoms with van der Waals surface area (Å²) in [4.78, 5) is 21.7. The van der Waals surface area contributed by atoms with Gasteiger partial charge in [-0.2, -0.15) is 0 Å². The summed E-state index contributed by atoms with van der Waals surface area (Å²) in [6, 6.07) is 2.71. The lowest BCUT2D eigenvalue weighted by Gasteiger charge is -2.09. The predicted octanol–water partition coefficient (Wildman–Crippen LogP) is 2.20. The van der Waals surface area contributed by atoms with Gasteiger partial charge in [0, 0.05) is 5.56 Å². The minimum atomic E-state index is -4.95. The van der Waals surface area contributed by atoms with Crippen LogP contribution in [0.1, 0.15) is 22.3 Å². The molecular formula is C13H9F3O5. The SMILES string of the molecule is COC(=O)CC#Cc1cc(OC(F)(F)F)cc(C(=O)O)c1. The monoisotopic (exact) mass is 302 g/mol. The number of rotatable bonds is 3. The molecule has 0 atom stereocenters. The molecular weight excluding hydrogens is 293 g/mol. The predicted molar refractivity (Wildman–Crippen MR) is 63.6 cm³/mol. The van der Waals surface area contributed by atoms with E-state index in [4.69, 9.17) is 5.11 Å². The number of carbonyl (C=O) groups excluding carboxylic acids is 1. The Morgan fingerprint density at radius 2 is 1.95 bits per heavy atom. The Kier molecular flexibility index (Phi) is 5.18. The largest absolute Gasteiger partial charge is 0.573 e. The number of halogens is 3. The lowest BCUT2D eigenvalue weighted by atomic mass is 10.1. The van der Waals surface area contributed by atoms with Gasteiger partial charge in [-0.15, -0.1) is 13.2 Å². The maximum atomic E-state index is 12.1. The van der Waals surface area contributed by atoms with Gasteiger partial charge in [-0.1, -0.05) is 11.8 Å². The standard InChI is InChI=1S/C13H9F3O5/c1-20-11(17)4-2-3-8-5-9(12(18)19)7-10(6-8)21-13(14,15)16/h5-7H,4H2,1H3,(H,18,19). The molecule has 0 unspecified atom stereocenters. The van der Waals surface area contributed by atoms with E-state index < -0.39 is 29.6 Å². The lowest BCUT2D eigenvalue weighted by molar-refractivity contribution is -0.274. The number of esters is 1. The van der Waals surface area contributed by atoms with Crippen molar-refractivity contribution in [2.24, 2.45) is 0 Å². The number of ether oxygens (including phenoxy) is 2. The summed E-state index contributed by atoms with van der Waals surface area (Å²) in [7, 11) is 1.16. The number of hydrogen-bond acceptors (Lipinski definition) is 4. The lowest BCUT2D eigenvalue weighted by Crippen LogP contribution is -2.17. The van der Waals surface area contributed by atoms with Crippen molar-refractivity contribution >= 4 is 11.9 Å². The first-order valence-corrected chi connectivity index (χ1v) is 5.41. The van der Waals surface area contributed by atoms with Gasteiger partial charge in [-0.05, 0) is 18.2 Å². The van der Waals surface area contributed by atoms with Gasteiger partial charge in [0.05, 0.1) is 12.7 Å². The van der Waals surface area contributed by atoms with Crippen LogP contribution in [0.15, 0.2) is 18.2 Å². The van der Waals surface area contributed by atoms with Crippen LogP contribution >= 0.6 is 0 Å². The molecule has 21 heavy (non-hydrogen) atoms. The molecule has 0 fully saturated rings. The third-order valence-electron chi connectivity index (χ3n) is 2.08. The van der Waals surface area contributed by atoms with Crippen molar-refractivity contribution in [3.8, 4) is 17.6 Å². The number of hydrogen-bond donors (Lipinski definition) is 1. The van der Waals surface area contributed by atoms with Crippen molar-refractivity contribution in [1.82, 2.24) is 0 Å². The topological polar surface area (TPSA) is 72.8 Å². The molecule has 0 aliphatic rings. The Bertz CT molecular complexity index is 610. The van der Waals surface area contributed by atoms with E-state index in [0.717, 1.165) is 25.3 Å². The number of carbonyl (C=O) groups is 2. The fourth-order valence-corrected chi connectivity index (χ4v) is 1.28. The molecule has 0 spiro atoms. The summed E-state index contributed by atoms with van der Waals surface area (Å²) in [5.74, 6) is 1.97. The van der Waals surface area contributed by atoms with Gasteiger partial charge in [-0.3, -0.25) is 4.79 Å². The highest BCUT2D eigenvalue weighted by molar-refractivity contribution is 5.88. The molecule has 112 valence electrons. The Labute approximate surface area is 117 Å². The van der Waals surface area contributed by atoms with E-state index in [-0.39, 0.29) is 12.0 Å². The summed E-state index contributed by atoms with van der Waals surface area (Å²) in [6.07, 6.45) is -5.23. The Morgan fingerprint density at radius 1 is 1.29 bits per heavy atom. The van der Waals surface area contributed by atoms with Gasteiger partial charge in [0.15, 0.2) is 0 Å². The van der Waals surface area contributed by atoms with Gasteiger partial charge in [0.1, 0.15) is 12.2 Å². The van der Waals surface area contributed by atoms with E-state index in [1.807, 2.05) is 0 Å². The number of alkyl halides is 3. The van der Waals surface area contributed by atoms with E-state index in [0.29, 0.717) is 0 Å². The fourth-order valence-electron chi connectivity index (χ4n) is 1.28. The van der Waals surface area contributed by atoms with Gasteiger partial charge >= 0.3 is 18.3 Å². The zero-order valence-electron chi connectivity index (χ0n) is 10.7. The van der Waals surface area contributed by atoms with E-state index in [2.05, 4.69) is 21.3 Å². The molecule has 0 aromatic heterocycles. The van der Waals surface area contributed by atoms with Crippen molar-refractivity contribution in [3.63, 3.8) is 0 Å². The van der Waals surface area contributed by atoms with Gasteiger partial charge in [0.25, 0.3) is 0 Å². The molecule has 5 nitrogen and oxygen atoms in total. The van der Waals surface area contributed by atoms with Gasteiger partial charge < -0.3 is 14.6 Å². The molecule has 0 saturated heterocycles. The van der Waals surface area contributed by atoms with Crippen LogP contribution in [0.2, 0.25) is 0 Å². The quantitative estimate of drug-likeness (QED) is 0.684. The second-order valence-electron chi connectivity index (χ2n) is 3.65. The second kappa shape index (κ2) is 6.65. The van der Waals surface area contributed by atoms with Crippen LogP contribution in [0.3, 0.4) is 0 Å². The van der Waals surface area contributed by atoms with E-state index in [1.165, 1.54) is 0 Å². The first-order valence-electron chi connectivity index (χ1n) is 5.41. The third kappa shape index (κ3) is 5.86. The highest BCUT2D eigenvalue weighted by atomic mass is 19.4. The van der Waals surface area contributed by atoms with E-state index >= 15 is 0 Å². The number of benzene rings is 1. The molecule has 0 aliphatic carbocycles. The number of aromatic carboxylic acids is 1. The maximum Gasteiger partial charge on any atom is 0.573 e. The number of carboxylic acids is 1. The van der Waals surface area contributed by atoms with Gasteiger partial charge in [0.2, 0.25) is 0 Å². The van der Waals surface area contributed by atoms with Crippen molar-refractivity contribution in [1.29, 1.82) is 0 Å². The van der Waals surface area contributed by atoms with Crippen molar-refractivity contribution in [2.45, 2.75) is 12.8 Å². The van der Waals surface area contributed by atoms with Crippen LogP contribution in [-0.2, 0) is 9.53 Å². The Balaban J connectivity index is 3.08. The Hall–Kier alpha value is -2.69. The molecule has 1 aromatic carbocycles. The number of methoxy groups -OCH3 is 1. The summed E-state index contributed by atoms with van der Waals surface area (Å²) in [6.45, 7) is 0. The first kappa shape index (κ1) is 16.4. The van der Waals surface area contributed by atoms with Crippen molar-refractivity contribution in [3.05, 3.63) is 29.3 Å². The maximum absolute atomic E-state index is 12.1. The van der Waals surface area contributed by atoms with E-state index in [1.54, 1.807) is 0 Å². The molecule has 0 heterocycles. The highest BCUT2D eigenvalue weighted by Crippen LogP contribution is 2.25. The van der Waals surface area contributed by atoms with Crippen LogP contribution in [0.25, 0.3) is 0 Å². The van der Waals surface area contributed by atoms with Crippen molar-refractivity contribution < 1.29 is 37.3 Å². The summed E-state index contributed by atoms with van der Waals surface area (Å²) in [5.41, 5.74) is -0.447. The molecule has 0 amide bonds. The van der Waals surface area contributed by atoms with Crippen LogP contribution in [-0.4, -0.2) is 30.5 Å². The minimum absolute atomic E-state index is 0.0296. The Morgan fingerprint density at radius 3 is 2.48 bits per heavy atom. The summed E-state index contributed by atoms with van der Waals surface area (Å²) in [5, 5.41) is 8.82. The normalized spacial score (nSPS) is 10.3. The minimum Gasteiger partial charge on any atom is -0.478 e. The number of carboxylic acid groups (broad SMARTS) is 1. The highest BCUT2D eigenvalue weighted by Gasteiger charge is 2.31. The summed E-state index contributed by atoms with van der Waals surface area (Å²) >= 11 is 0. The molecule has 1 N–H and O–H groups in total. The summed E-state index contributed by atoms with van der Waals surface area (Å²) < 4.78 is 44.4. The smallest absolute Gasteiger partial charge is 0.478 e. The zero-order valence-corrected chi connectivity index (χ0v) is 10.7. The van der Waals surface area contributed by atoms with E-state index in [9.17, 15) is 22.8 Å². The molecule has 0 aliphatic heterocycles. The average Bonchev–Trinajstić information content (AvgIpc) is 2.36. The van der Waals surface area contributed by atoms with Gasteiger partial charge in [-0.25, -0.2) is 4.79 Å². The molecule has 1 rings (SSSR count). The fraction of sp³-hybridized carbons (Fsp3) is 0.231. The molecule has 8 heteroatoms. The van der Waals surface area contributed by atoms with Crippen LogP contribution in [0, 0.1) is 11.8 Å². The first-order chi connectivity index (χ1) is 9.71. The second-order valence-corrected chi connectivity index (χ2v) is 3.65. The van der Waals surface area contributed by atoms with Crippen molar-refractivity contribution in [2.75, 3.05) is 7.11 Å². The average molecular weight is 302 g/mol. The molecule has 0 radical (unpaired) electrons. The molecule has 0 saturated carbocycles. The van der Waals surface area contributed by atoms with Crippen LogP contribution in [0.5, 0.6) is 5.75 Å². The van der Waals surface area contributed by atoms with Crippen LogP contribution < -0.4 is 4.74 Å². The third-order valence-corrected chi connectivity index (χ3v) is 2.08. The van der Waals surface area contributed by atoms with Crippen LogP contribution in [0.4, 0.5) is 13.2 Å². The molecule has 1 aromatic rings. The molecule has 0 bridgehead atoms.